The van der Waals surface area contributed by atoms with Gasteiger partial charge < -0.3 is 14.8 Å². The maximum atomic E-state index is 15.9. The fourth-order valence-corrected chi connectivity index (χ4v) is 5.41. The Kier molecular flexibility index (Phi) is 6.43. The SMILES string of the molecule is COc1cc(C(=O)O)cc(F)c1-c1cc(F)c(C2c3[nH]c4ccccc4c3CCN2CC(C)(C)F)c(F)c1. The molecule has 9 heteroatoms. The number of halogens is 4. The lowest BCUT2D eigenvalue weighted by molar-refractivity contribution is 0.0696. The van der Waals surface area contributed by atoms with E-state index >= 15 is 8.78 Å². The standard InChI is InChI=1S/C29H26F4N2O3/c1-29(2,33)14-35-9-8-18-17-6-4-5-7-22(17)34-26(18)27(35)25-20(31)10-15(11-21(25)32)24-19(30)12-16(28(36)37)13-23(24)38-3/h4-7,10-13,27,34H,8-9,14H2,1-3H3,(H,36,37). The minimum Gasteiger partial charge on any atom is -0.496 e. The third-order valence-electron chi connectivity index (χ3n) is 6.88. The Morgan fingerprint density at radius 1 is 1.11 bits per heavy atom. The average molecular weight is 527 g/mol. The second-order valence-electron chi connectivity index (χ2n) is 10.1. The molecule has 1 atom stereocenters. The zero-order valence-corrected chi connectivity index (χ0v) is 21.0. The van der Waals surface area contributed by atoms with Crippen LogP contribution >= 0.6 is 0 Å². The summed E-state index contributed by atoms with van der Waals surface area (Å²) in [5.41, 5.74) is -0.381. The lowest BCUT2D eigenvalue weighted by atomic mass is 9.89. The summed E-state index contributed by atoms with van der Waals surface area (Å²) < 4.78 is 66.7. The number of hydrogen-bond donors (Lipinski definition) is 2. The van der Waals surface area contributed by atoms with Crippen molar-refractivity contribution >= 4 is 16.9 Å². The molecule has 0 fully saturated rings. The molecular formula is C29H26F4N2O3. The van der Waals surface area contributed by atoms with Crippen LogP contribution in [0.3, 0.4) is 0 Å². The maximum Gasteiger partial charge on any atom is 0.335 e. The first-order valence-corrected chi connectivity index (χ1v) is 12.1. The number of para-hydroxylation sites is 1. The lowest BCUT2D eigenvalue weighted by Gasteiger charge is -2.38. The van der Waals surface area contributed by atoms with Crippen molar-refractivity contribution in [3.8, 4) is 16.9 Å². The Hall–Kier alpha value is -3.85. The zero-order valence-electron chi connectivity index (χ0n) is 21.0. The van der Waals surface area contributed by atoms with E-state index in [4.69, 9.17) is 4.74 Å². The van der Waals surface area contributed by atoms with E-state index in [9.17, 15) is 18.7 Å². The Morgan fingerprint density at radius 3 is 2.42 bits per heavy atom. The molecule has 4 aromatic rings. The molecule has 0 amide bonds. The van der Waals surface area contributed by atoms with Crippen LogP contribution in [0.5, 0.6) is 5.75 Å². The summed E-state index contributed by atoms with van der Waals surface area (Å²) in [5, 5.41) is 10.2. The molecule has 5 rings (SSSR count). The van der Waals surface area contributed by atoms with E-state index in [1.54, 1.807) is 4.90 Å². The highest BCUT2D eigenvalue weighted by atomic mass is 19.1. The van der Waals surface area contributed by atoms with Crippen molar-refractivity contribution in [1.29, 1.82) is 0 Å². The van der Waals surface area contributed by atoms with Crippen LogP contribution in [0.1, 0.15) is 47.1 Å². The monoisotopic (exact) mass is 526 g/mol. The number of aromatic nitrogens is 1. The predicted molar refractivity (Wildman–Crippen MR) is 136 cm³/mol. The molecule has 2 heterocycles. The number of carbonyl (C=O) groups is 1. The fraction of sp³-hybridized carbons (Fsp3) is 0.276. The summed E-state index contributed by atoms with van der Waals surface area (Å²) in [6.07, 6.45) is 0.575. The van der Waals surface area contributed by atoms with Crippen LogP contribution in [-0.2, 0) is 6.42 Å². The van der Waals surface area contributed by atoms with Crippen molar-refractivity contribution < 1.29 is 32.2 Å². The van der Waals surface area contributed by atoms with Crippen molar-refractivity contribution in [1.82, 2.24) is 9.88 Å². The van der Waals surface area contributed by atoms with Crippen LogP contribution < -0.4 is 4.74 Å². The van der Waals surface area contributed by atoms with Gasteiger partial charge in [-0.2, -0.15) is 0 Å². The van der Waals surface area contributed by atoms with Crippen molar-refractivity contribution in [3.63, 3.8) is 0 Å². The first-order valence-electron chi connectivity index (χ1n) is 12.1. The third kappa shape index (κ3) is 4.51. The van der Waals surface area contributed by atoms with Crippen LogP contribution in [-0.4, -0.2) is 46.8 Å². The molecule has 1 aliphatic rings. The van der Waals surface area contributed by atoms with Gasteiger partial charge in [-0.15, -0.1) is 0 Å². The molecule has 0 radical (unpaired) electrons. The number of fused-ring (bicyclic) bond motifs is 3. The number of rotatable bonds is 6. The number of carboxylic acid groups (broad SMARTS) is 1. The molecular weight excluding hydrogens is 500 g/mol. The van der Waals surface area contributed by atoms with Gasteiger partial charge in [-0.25, -0.2) is 22.4 Å². The molecule has 38 heavy (non-hydrogen) atoms. The maximum absolute atomic E-state index is 15.9. The summed E-state index contributed by atoms with van der Waals surface area (Å²) in [4.78, 5) is 16.3. The molecule has 0 saturated carbocycles. The molecule has 3 aromatic carbocycles. The minimum absolute atomic E-state index is 0.0633. The quantitative estimate of drug-likeness (QED) is 0.276. The highest BCUT2D eigenvalue weighted by Crippen LogP contribution is 2.43. The molecule has 2 N–H and O–H groups in total. The van der Waals surface area contributed by atoms with Crippen LogP contribution in [0.4, 0.5) is 17.6 Å². The molecule has 0 spiro atoms. The summed E-state index contributed by atoms with van der Waals surface area (Å²) in [6, 6.07) is 10.5. The number of nitrogens with one attached hydrogen (secondary N) is 1. The van der Waals surface area contributed by atoms with Gasteiger partial charge in [-0.1, -0.05) is 18.2 Å². The fourth-order valence-electron chi connectivity index (χ4n) is 5.41. The van der Waals surface area contributed by atoms with Gasteiger partial charge in [0.15, 0.2) is 0 Å². The predicted octanol–water partition coefficient (Wildman–Crippen LogP) is 6.65. The first-order chi connectivity index (χ1) is 18.0. The number of carboxylic acids is 1. The van der Waals surface area contributed by atoms with Gasteiger partial charge in [-0.3, -0.25) is 4.90 Å². The molecule has 1 aromatic heterocycles. The highest BCUT2D eigenvalue weighted by molar-refractivity contribution is 5.90. The minimum atomic E-state index is -1.63. The van der Waals surface area contributed by atoms with E-state index in [1.165, 1.54) is 21.0 Å². The highest BCUT2D eigenvalue weighted by Gasteiger charge is 2.38. The van der Waals surface area contributed by atoms with Crippen LogP contribution in [0.2, 0.25) is 0 Å². The number of nitrogens with zero attached hydrogens (tertiary/aromatic N) is 1. The number of aromatic carboxylic acids is 1. The lowest BCUT2D eigenvalue weighted by Crippen LogP contribution is -2.43. The molecule has 0 bridgehead atoms. The van der Waals surface area contributed by atoms with Crippen LogP contribution in [0, 0.1) is 17.5 Å². The summed E-state index contributed by atoms with van der Waals surface area (Å²) in [5.74, 6) is -4.43. The van der Waals surface area contributed by atoms with Gasteiger partial charge in [0.25, 0.3) is 0 Å². The van der Waals surface area contributed by atoms with Gasteiger partial charge in [-0.05, 0) is 61.7 Å². The third-order valence-corrected chi connectivity index (χ3v) is 6.88. The van der Waals surface area contributed by atoms with Gasteiger partial charge in [0.05, 0.1) is 24.3 Å². The van der Waals surface area contributed by atoms with Gasteiger partial charge in [0.1, 0.15) is 28.9 Å². The Morgan fingerprint density at radius 2 is 1.79 bits per heavy atom. The Bertz CT molecular complexity index is 1530. The van der Waals surface area contributed by atoms with Gasteiger partial charge in [0, 0.05) is 35.2 Å². The van der Waals surface area contributed by atoms with E-state index in [-0.39, 0.29) is 34.5 Å². The van der Waals surface area contributed by atoms with Crippen LogP contribution in [0.25, 0.3) is 22.0 Å². The molecule has 1 aliphatic heterocycles. The van der Waals surface area contributed by atoms with Crippen molar-refractivity contribution in [2.24, 2.45) is 0 Å². The summed E-state index contributed by atoms with van der Waals surface area (Å²) >= 11 is 0. The van der Waals surface area contributed by atoms with Crippen molar-refractivity contribution in [2.75, 3.05) is 20.2 Å². The van der Waals surface area contributed by atoms with E-state index in [0.717, 1.165) is 40.7 Å². The van der Waals surface area contributed by atoms with Gasteiger partial charge >= 0.3 is 5.97 Å². The summed E-state index contributed by atoms with van der Waals surface area (Å²) in [7, 11) is 1.21. The second-order valence-corrected chi connectivity index (χ2v) is 10.1. The van der Waals surface area contributed by atoms with E-state index in [2.05, 4.69) is 4.98 Å². The second kappa shape index (κ2) is 9.47. The van der Waals surface area contributed by atoms with E-state index in [1.807, 2.05) is 24.3 Å². The number of ether oxygens (including phenoxy) is 1. The Balaban J connectivity index is 1.68. The zero-order chi connectivity index (χ0) is 27.4. The van der Waals surface area contributed by atoms with E-state index < -0.39 is 35.1 Å². The van der Waals surface area contributed by atoms with Crippen molar-refractivity contribution in [2.45, 2.75) is 32.0 Å². The number of hydrogen-bond acceptors (Lipinski definition) is 3. The molecule has 5 nitrogen and oxygen atoms in total. The molecule has 0 saturated heterocycles. The van der Waals surface area contributed by atoms with E-state index in [0.29, 0.717) is 18.7 Å². The van der Waals surface area contributed by atoms with Gasteiger partial charge in [0.2, 0.25) is 0 Å². The van der Waals surface area contributed by atoms with Crippen molar-refractivity contribution in [3.05, 3.63) is 88.4 Å². The van der Waals surface area contributed by atoms with Crippen LogP contribution in [0.15, 0.2) is 48.5 Å². The normalized spacial score (nSPS) is 16.0. The topological polar surface area (TPSA) is 65.6 Å². The largest absolute Gasteiger partial charge is 0.496 e. The Labute approximate surface area is 216 Å². The smallest absolute Gasteiger partial charge is 0.335 e. The molecule has 198 valence electrons. The molecule has 0 aliphatic carbocycles. The number of aromatic amines is 1. The number of benzene rings is 3. The summed E-state index contributed by atoms with van der Waals surface area (Å²) in [6.45, 7) is 3.14. The number of alkyl halides is 1. The number of methoxy groups -OCH3 is 1. The average Bonchev–Trinajstić information content (AvgIpc) is 3.21. The first kappa shape index (κ1) is 25.8. The number of H-pyrrole nitrogens is 1. The molecule has 1 unspecified atom stereocenters.